The van der Waals surface area contributed by atoms with Crippen molar-refractivity contribution >= 4 is 5.97 Å². The van der Waals surface area contributed by atoms with Crippen molar-refractivity contribution in [1.82, 2.24) is 0 Å². The minimum Gasteiger partial charge on any atom is -0.463 e. The van der Waals surface area contributed by atoms with E-state index < -0.39 is 0 Å². The molecule has 1 aliphatic heterocycles. The first-order valence-corrected chi connectivity index (χ1v) is 8.65. The fraction of sp³-hybridized carbons (Fsp3) is 0.941. The van der Waals surface area contributed by atoms with E-state index in [1.807, 2.05) is 0 Å². The minimum absolute atomic E-state index is 0.0799. The van der Waals surface area contributed by atoms with Crippen LogP contribution in [0.1, 0.15) is 77.6 Å². The molecule has 0 aromatic carbocycles. The van der Waals surface area contributed by atoms with E-state index in [2.05, 4.69) is 6.92 Å². The van der Waals surface area contributed by atoms with Gasteiger partial charge in [0.15, 0.2) is 0 Å². The van der Waals surface area contributed by atoms with Gasteiger partial charge in [-0.1, -0.05) is 58.3 Å². The molecule has 1 N–H and O–H groups in total. The molecule has 0 aromatic rings. The summed E-state index contributed by atoms with van der Waals surface area (Å²) in [5.74, 6) is -0.179. The van der Waals surface area contributed by atoms with Crippen LogP contribution in [0.3, 0.4) is 0 Å². The molecule has 0 spiro atoms. The molecule has 126 valence electrons. The molecule has 4 heteroatoms. The number of hydrogen-bond donors (Lipinski definition) is 1. The van der Waals surface area contributed by atoms with E-state index in [0.717, 1.165) is 26.1 Å². The Morgan fingerprint density at radius 3 is 1.90 bits per heavy atom. The molecule has 1 heterocycles. The molecule has 21 heavy (non-hydrogen) atoms. The van der Waals surface area contributed by atoms with Crippen molar-refractivity contribution in [2.24, 2.45) is 0 Å². The van der Waals surface area contributed by atoms with Gasteiger partial charge in [-0.15, -0.1) is 0 Å². The van der Waals surface area contributed by atoms with Gasteiger partial charge >= 0.3 is 5.97 Å². The van der Waals surface area contributed by atoms with Crippen LogP contribution in [0.15, 0.2) is 0 Å². The van der Waals surface area contributed by atoms with Gasteiger partial charge < -0.3 is 14.6 Å². The molecule has 4 nitrogen and oxygen atoms in total. The largest absolute Gasteiger partial charge is 0.463 e. The van der Waals surface area contributed by atoms with Gasteiger partial charge in [0.05, 0.1) is 6.61 Å². The summed E-state index contributed by atoms with van der Waals surface area (Å²) in [6.45, 7) is 4.29. The maximum Gasteiger partial charge on any atom is 0.305 e. The second-order valence-corrected chi connectivity index (χ2v) is 5.49. The first-order valence-electron chi connectivity index (χ1n) is 8.65. The molecule has 1 fully saturated rings. The average molecular weight is 302 g/mol. The molecular weight excluding hydrogens is 268 g/mol. The lowest BCUT2D eigenvalue weighted by molar-refractivity contribution is -0.144. The van der Waals surface area contributed by atoms with Crippen LogP contribution >= 0.6 is 0 Å². The van der Waals surface area contributed by atoms with Crippen LogP contribution in [0, 0.1) is 0 Å². The summed E-state index contributed by atoms with van der Waals surface area (Å²) in [4.78, 5) is 11.1. The molecule has 1 rings (SSSR count). The average Bonchev–Trinajstić information content (AvgIpc) is 2.41. The fourth-order valence-corrected chi connectivity index (χ4v) is 1.96. The lowest BCUT2D eigenvalue weighted by Gasteiger charge is -2.09. The Morgan fingerprint density at radius 2 is 1.48 bits per heavy atom. The molecule has 1 saturated heterocycles. The maximum absolute atomic E-state index is 11.1. The molecule has 0 aromatic heterocycles. The summed E-state index contributed by atoms with van der Waals surface area (Å²) in [5, 5.41) is 8.47. The van der Waals surface area contributed by atoms with Gasteiger partial charge in [0.1, 0.15) is 6.61 Å². The SMILES string of the molecule is C1COC1.CCCCCCCCCCCC(=O)OCCO. The third-order valence-electron chi connectivity index (χ3n) is 3.42. The molecule has 0 radical (unpaired) electrons. The number of esters is 1. The zero-order valence-electron chi connectivity index (χ0n) is 13.8. The maximum atomic E-state index is 11.1. The Hall–Kier alpha value is -0.610. The van der Waals surface area contributed by atoms with Gasteiger partial charge in [-0.25, -0.2) is 0 Å². The smallest absolute Gasteiger partial charge is 0.305 e. The highest BCUT2D eigenvalue weighted by Gasteiger charge is 2.01. The third kappa shape index (κ3) is 17.3. The minimum atomic E-state index is -0.179. The van der Waals surface area contributed by atoms with Crippen molar-refractivity contribution in [3.8, 4) is 0 Å². The number of aliphatic hydroxyl groups excluding tert-OH is 1. The van der Waals surface area contributed by atoms with Crippen molar-refractivity contribution in [2.45, 2.75) is 77.6 Å². The number of carbonyl (C=O) groups is 1. The zero-order chi connectivity index (χ0) is 15.6. The van der Waals surface area contributed by atoms with E-state index >= 15 is 0 Å². The summed E-state index contributed by atoms with van der Waals surface area (Å²) in [7, 11) is 0. The first kappa shape index (κ1) is 20.4. The Morgan fingerprint density at radius 1 is 1.00 bits per heavy atom. The van der Waals surface area contributed by atoms with Crippen LogP contribution in [0.4, 0.5) is 0 Å². The highest BCUT2D eigenvalue weighted by atomic mass is 16.5. The number of carbonyl (C=O) groups excluding carboxylic acids is 1. The zero-order valence-corrected chi connectivity index (χ0v) is 13.8. The lowest BCUT2D eigenvalue weighted by atomic mass is 10.1. The van der Waals surface area contributed by atoms with Crippen LogP contribution in [0.25, 0.3) is 0 Å². The molecule has 0 aliphatic carbocycles. The third-order valence-corrected chi connectivity index (χ3v) is 3.42. The Labute approximate surface area is 130 Å². The standard InChI is InChI=1S/C14H28O3.C3H6O/c1-2-3-4-5-6-7-8-9-10-11-14(16)17-13-12-15;1-2-4-3-1/h15H,2-13H2,1H3;1-3H2. The van der Waals surface area contributed by atoms with Gasteiger partial charge in [0, 0.05) is 19.6 Å². The Balaban J connectivity index is 0.000000847. The molecule has 0 atom stereocenters. The second kappa shape index (κ2) is 17.4. The number of ether oxygens (including phenoxy) is 2. The number of hydrogen-bond acceptors (Lipinski definition) is 4. The Bertz CT molecular complexity index is 211. The van der Waals surface area contributed by atoms with Gasteiger partial charge in [-0.05, 0) is 12.8 Å². The van der Waals surface area contributed by atoms with Gasteiger partial charge in [0.25, 0.3) is 0 Å². The number of unbranched alkanes of at least 4 members (excludes halogenated alkanes) is 8. The van der Waals surface area contributed by atoms with E-state index in [-0.39, 0.29) is 19.2 Å². The van der Waals surface area contributed by atoms with Crippen molar-refractivity contribution < 1.29 is 19.4 Å². The van der Waals surface area contributed by atoms with Gasteiger partial charge in [0.2, 0.25) is 0 Å². The molecular formula is C17H34O4. The predicted molar refractivity (Wildman–Crippen MR) is 85.3 cm³/mol. The molecule has 1 aliphatic rings. The van der Waals surface area contributed by atoms with E-state index in [0.29, 0.717) is 6.42 Å². The van der Waals surface area contributed by atoms with Crippen LogP contribution in [-0.4, -0.2) is 37.5 Å². The van der Waals surface area contributed by atoms with Crippen molar-refractivity contribution in [1.29, 1.82) is 0 Å². The summed E-state index contributed by atoms with van der Waals surface area (Å²) < 4.78 is 9.50. The Kier molecular flexibility index (Phi) is 16.9. The monoisotopic (exact) mass is 302 g/mol. The lowest BCUT2D eigenvalue weighted by Crippen LogP contribution is -2.09. The van der Waals surface area contributed by atoms with Crippen LogP contribution in [0.2, 0.25) is 0 Å². The normalized spacial score (nSPS) is 13.0. The van der Waals surface area contributed by atoms with E-state index in [1.165, 1.54) is 51.4 Å². The highest BCUT2D eigenvalue weighted by molar-refractivity contribution is 5.69. The van der Waals surface area contributed by atoms with Gasteiger partial charge in [-0.2, -0.15) is 0 Å². The molecule has 0 unspecified atom stereocenters. The molecule has 0 amide bonds. The number of aliphatic hydroxyl groups is 1. The summed E-state index contributed by atoms with van der Waals surface area (Å²) in [6.07, 6.45) is 13.0. The van der Waals surface area contributed by atoms with E-state index in [9.17, 15) is 4.79 Å². The molecule has 0 saturated carbocycles. The van der Waals surface area contributed by atoms with E-state index in [1.54, 1.807) is 0 Å². The van der Waals surface area contributed by atoms with Crippen molar-refractivity contribution in [2.75, 3.05) is 26.4 Å². The van der Waals surface area contributed by atoms with Crippen LogP contribution in [0.5, 0.6) is 0 Å². The second-order valence-electron chi connectivity index (χ2n) is 5.49. The first-order chi connectivity index (χ1) is 10.3. The molecule has 0 bridgehead atoms. The quantitative estimate of drug-likeness (QED) is 0.439. The summed E-state index contributed by atoms with van der Waals surface area (Å²) in [5.41, 5.74) is 0. The number of rotatable bonds is 12. The van der Waals surface area contributed by atoms with E-state index in [4.69, 9.17) is 14.6 Å². The van der Waals surface area contributed by atoms with Crippen LogP contribution < -0.4 is 0 Å². The predicted octanol–water partition coefficient (Wildman–Crippen LogP) is 3.85. The fourth-order valence-electron chi connectivity index (χ4n) is 1.96. The van der Waals surface area contributed by atoms with Crippen LogP contribution in [-0.2, 0) is 14.3 Å². The van der Waals surface area contributed by atoms with Gasteiger partial charge in [-0.3, -0.25) is 4.79 Å². The summed E-state index contributed by atoms with van der Waals surface area (Å²) >= 11 is 0. The van der Waals surface area contributed by atoms with Crippen molar-refractivity contribution in [3.63, 3.8) is 0 Å². The van der Waals surface area contributed by atoms with Crippen molar-refractivity contribution in [3.05, 3.63) is 0 Å². The summed E-state index contributed by atoms with van der Waals surface area (Å²) in [6, 6.07) is 0. The topological polar surface area (TPSA) is 55.8 Å². The highest BCUT2D eigenvalue weighted by Crippen LogP contribution is 2.10.